The van der Waals surface area contributed by atoms with Crippen molar-refractivity contribution in [2.24, 2.45) is 11.8 Å². The van der Waals surface area contributed by atoms with Crippen LogP contribution in [0, 0.1) is 11.8 Å². The third-order valence-corrected chi connectivity index (χ3v) is 5.56. The molecule has 0 N–H and O–H groups in total. The molecule has 2 atom stereocenters. The lowest BCUT2D eigenvalue weighted by Crippen LogP contribution is -2.45. The summed E-state index contributed by atoms with van der Waals surface area (Å²) >= 11 is 0. The molecule has 7 nitrogen and oxygen atoms in total. The maximum absolute atomic E-state index is 13.4. The quantitative estimate of drug-likeness (QED) is 0.550. The van der Waals surface area contributed by atoms with E-state index in [0.717, 1.165) is 11.1 Å². The number of carbonyl (C=O) groups is 3. The maximum Gasteiger partial charge on any atom is 0.416 e. The molecule has 170 valence electrons. The van der Waals surface area contributed by atoms with Crippen LogP contribution in [0.3, 0.4) is 0 Å². The second-order valence-corrected chi connectivity index (χ2v) is 8.20. The Bertz CT molecular complexity index is 925. The zero-order chi connectivity index (χ0) is 23.1. The summed E-state index contributed by atoms with van der Waals surface area (Å²) in [5.41, 5.74) is 1.72. The van der Waals surface area contributed by atoms with Gasteiger partial charge >= 0.3 is 12.1 Å². The fourth-order valence-electron chi connectivity index (χ4n) is 3.67. The van der Waals surface area contributed by atoms with Gasteiger partial charge in [0.05, 0.1) is 25.5 Å². The van der Waals surface area contributed by atoms with Crippen LogP contribution in [-0.4, -0.2) is 42.6 Å². The molecule has 1 fully saturated rings. The van der Waals surface area contributed by atoms with Gasteiger partial charge in [-0.1, -0.05) is 56.3 Å². The van der Waals surface area contributed by atoms with E-state index in [1.54, 1.807) is 19.2 Å². The number of cyclic esters (lactones) is 1. The average molecular weight is 440 g/mol. The summed E-state index contributed by atoms with van der Waals surface area (Å²) in [6.45, 7) is 4.15. The van der Waals surface area contributed by atoms with E-state index in [0.29, 0.717) is 5.75 Å². The minimum absolute atomic E-state index is 0.0390. The molecule has 32 heavy (non-hydrogen) atoms. The van der Waals surface area contributed by atoms with Crippen LogP contribution in [0.1, 0.15) is 31.4 Å². The largest absolute Gasteiger partial charge is 0.497 e. The number of imide groups is 1. The van der Waals surface area contributed by atoms with Crippen molar-refractivity contribution in [2.45, 2.75) is 39.3 Å². The number of methoxy groups -OCH3 is 1. The van der Waals surface area contributed by atoms with E-state index in [-0.39, 0.29) is 38.0 Å². The summed E-state index contributed by atoms with van der Waals surface area (Å²) in [6.07, 6.45) is -0.504. The smallest absolute Gasteiger partial charge is 0.416 e. The molecular weight excluding hydrogens is 410 g/mol. The molecule has 0 bridgehead atoms. The molecule has 1 saturated heterocycles. The first kappa shape index (κ1) is 23.3. The van der Waals surface area contributed by atoms with E-state index >= 15 is 0 Å². The molecule has 2 amide bonds. The lowest BCUT2D eigenvalue weighted by molar-refractivity contribution is -0.149. The summed E-state index contributed by atoms with van der Waals surface area (Å²) in [4.78, 5) is 39.5. The normalized spacial score (nSPS) is 16.6. The molecule has 0 unspecified atom stereocenters. The monoisotopic (exact) mass is 439 g/mol. The number of esters is 1. The Morgan fingerprint density at radius 1 is 1.06 bits per heavy atom. The first-order chi connectivity index (χ1) is 15.4. The van der Waals surface area contributed by atoms with Crippen molar-refractivity contribution < 1.29 is 28.6 Å². The topological polar surface area (TPSA) is 82.1 Å². The highest BCUT2D eigenvalue weighted by Gasteiger charge is 2.42. The molecule has 0 aromatic heterocycles. The van der Waals surface area contributed by atoms with Crippen molar-refractivity contribution in [3.63, 3.8) is 0 Å². The van der Waals surface area contributed by atoms with E-state index in [1.807, 2.05) is 56.3 Å². The van der Waals surface area contributed by atoms with Crippen LogP contribution in [-0.2, 0) is 32.1 Å². The van der Waals surface area contributed by atoms with Crippen molar-refractivity contribution in [1.82, 2.24) is 4.90 Å². The van der Waals surface area contributed by atoms with Gasteiger partial charge in [0.1, 0.15) is 19.0 Å². The Morgan fingerprint density at radius 2 is 1.75 bits per heavy atom. The third kappa shape index (κ3) is 5.87. The van der Waals surface area contributed by atoms with E-state index in [1.165, 1.54) is 4.90 Å². The van der Waals surface area contributed by atoms with Gasteiger partial charge in [0.25, 0.3) is 0 Å². The standard InChI is InChI=1S/C25H29NO6/c1-17(2)22-16-32-25(29)26(22)24(28)20(13-18-9-11-21(30-3)12-10-18)14-23(27)31-15-19-7-5-4-6-8-19/h4-12,17,20,22H,13-16H2,1-3H3/t20-,22-/m1/s1. The zero-order valence-corrected chi connectivity index (χ0v) is 18.7. The van der Waals surface area contributed by atoms with Gasteiger partial charge in [0, 0.05) is 0 Å². The van der Waals surface area contributed by atoms with Crippen molar-refractivity contribution in [3.8, 4) is 5.75 Å². The van der Waals surface area contributed by atoms with Crippen molar-refractivity contribution in [3.05, 3.63) is 65.7 Å². The fraction of sp³-hybridized carbons (Fsp3) is 0.400. The van der Waals surface area contributed by atoms with Crippen LogP contribution in [0.2, 0.25) is 0 Å². The minimum Gasteiger partial charge on any atom is -0.497 e. The van der Waals surface area contributed by atoms with Gasteiger partial charge in [0.2, 0.25) is 5.91 Å². The molecule has 1 heterocycles. The van der Waals surface area contributed by atoms with Crippen molar-refractivity contribution >= 4 is 18.0 Å². The van der Waals surface area contributed by atoms with E-state index in [2.05, 4.69) is 0 Å². The van der Waals surface area contributed by atoms with Gasteiger partial charge in [-0.25, -0.2) is 9.69 Å². The van der Waals surface area contributed by atoms with Gasteiger partial charge in [-0.2, -0.15) is 0 Å². The number of nitrogens with zero attached hydrogens (tertiary/aromatic N) is 1. The molecule has 2 aromatic carbocycles. The number of amides is 2. The van der Waals surface area contributed by atoms with Crippen LogP contribution < -0.4 is 4.74 Å². The highest BCUT2D eigenvalue weighted by molar-refractivity contribution is 5.96. The van der Waals surface area contributed by atoms with Gasteiger partial charge < -0.3 is 14.2 Å². The first-order valence-electron chi connectivity index (χ1n) is 10.7. The Balaban J connectivity index is 1.75. The van der Waals surface area contributed by atoms with E-state index < -0.39 is 23.9 Å². The lowest BCUT2D eigenvalue weighted by Gasteiger charge is -2.26. The van der Waals surface area contributed by atoms with E-state index in [9.17, 15) is 14.4 Å². The number of carbonyl (C=O) groups excluding carboxylic acids is 3. The second-order valence-electron chi connectivity index (χ2n) is 8.20. The minimum atomic E-state index is -0.751. The molecule has 0 spiro atoms. The highest BCUT2D eigenvalue weighted by atomic mass is 16.6. The molecule has 3 rings (SSSR count). The van der Waals surface area contributed by atoms with Crippen molar-refractivity contribution in [1.29, 1.82) is 0 Å². The number of ether oxygens (including phenoxy) is 3. The Morgan fingerprint density at radius 3 is 2.38 bits per heavy atom. The molecule has 1 aliphatic rings. The van der Waals surface area contributed by atoms with Gasteiger partial charge in [-0.15, -0.1) is 0 Å². The summed E-state index contributed by atoms with van der Waals surface area (Å²) in [5.74, 6) is -0.925. The molecule has 1 aliphatic heterocycles. The second kappa shape index (κ2) is 10.8. The maximum atomic E-state index is 13.4. The van der Waals surface area contributed by atoms with Gasteiger partial charge in [-0.05, 0) is 35.6 Å². The predicted molar refractivity (Wildman–Crippen MR) is 118 cm³/mol. The van der Waals surface area contributed by atoms with Gasteiger partial charge in [-0.3, -0.25) is 9.59 Å². The van der Waals surface area contributed by atoms with Crippen LogP contribution in [0.5, 0.6) is 5.75 Å². The van der Waals surface area contributed by atoms with Gasteiger partial charge in [0.15, 0.2) is 0 Å². The molecular formula is C25H29NO6. The van der Waals surface area contributed by atoms with Crippen LogP contribution in [0.25, 0.3) is 0 Å². The van der Waals surface area contributed by atoms with Crippen LogP contribution >= 0.6 is 0 Å². The van der Waals surface area contributed by atoms with Crippen LogP contribution in [0.15, 0.2) is 54.6 Å². The summed E-state index contributed by atoms with van der Waals surface area (Å²) < 4.78 is 15.7. The fourth-order valence-corrected chi connectivity index (χ4v) is 3.67. The molecule has 2 aromatic rings. The number of hydrogen-bond acceptors (Lipinski definition) is 6. The Labute approximate surface area is 188 Å². The lowest BCUT2D eigenvalue weighted by atomic mass is 9.93. The number of benzene rings is 2. The Hall–Kier alpha value is -3.35. The SMILES string of the molecule is COc1ccc(C[C@H](CC(=O)OCc2ccccc2)C(=O)N2C(=O)OC[C@@H]2C(C)C)cc1. The van der Waals surface area contributed by atoms with Crippen LogP contribution in [0.4, 0.5) is 4.79 Å². The molecule has 7 heteroatoms. The van der Waals surface area contributed by atoms with Crippen molar-refractivity contribution in [2.75, 3.05) is 13.7 Å². The Kier molecular flexibility index (Phi) is 7.87. The summed E-state index contributed by atoms with van der Waals surface area (Å²) in [7, 11) is 1.58. The molecule has 0 radical (unpaired) electrons. The first-order valence-corrected chi connectivity index (χ1v) is 10.7. The summed E-state index contributed by atoms with van der Waals surface area (Å²) in [6, 6.07) is 16.3. The number of rotatable bonds is 9. The molecule has 0 aliphatic carbocycles. The number of hydrogen-bond donors (Lipinski definition) is 0. The van der Waals surface area contributed by atoms with E-state index in [4.69, 9.17) is 14.2 Å². The third-order valence-electron chi connectivity index (χ3n) is 5.56. The molecule has 0 saturated carbocycles. The zero-order valence-electron chi connectivity index (χ0n) is 18.7. The predicted octanol–water partition coefficient (Wildman–Crippen LogP) is 3.99. The highest BCUT2D eigenvalue weighted by Crippen LogP contribution is 2.26. The average Bonchev–Trinajstić information content (AvgIpc) is 3.19. The summed E-state index contributed by atoms with van der Waals surface area (Å²) in [5, 5.41) is 0.